The van der Waals surface area contributed by atoms with Crippen LogP contribution in [-0.4, -0.2) is 12.6 Å². The van der Waals surface area contributed by atoms with Crippen LogP contribution in [-0.2, 0) is 10.2 Å². The highest BCUT2D eigenvalue weighted by molar-refractivity contribution is 5.90. The van der Waals surface area contributed by atoms with Crippen LogP contribution in [0, 0.1) is 11.3 Å². The molecule has 1 aromatic rings. The number of nitriles is 1. The van der Waals surface area contributed by atoms with Gasteiger partial charge in [0.1, 0.15) is 0 Å². The van der Waals surface area contributed by atoms with Crippen LogP contribution >= 0.6 is 0 Å². The van der Waals surface area contributed by atoms with Gasteiger partial charge in [-0.25, -0.2) is 4.79 Å². The topological polar surface area (TPSA) is 50.1 Å². The zero-order valence-corrected chi connectivity index (χ0v) is 10.7. The Hall–Kier alpha value is -1.82. The van der Waals surface area contributed by atoms with Crippen LogP contribution in [0.15, 0.2) is 18.2 Å². The number of carbonyl (C=O) groups is 1. The summed E-state index contributed by atoms with van der Waals surface area (Å²) in [4.78, 5) is 11.6. The van der Waals surface area contributed by atoms with Crippen molar-refractivity contribution in [3.63, 3.8) is 0 Å². The Balaban J connectivity index is 3.24. The fourth-order valence-electron chi connectivity index (χ4n) is 1.60. The molecule has 0 aromatic heterocycles. The molecule has 0 aliphatic rings. The molecule has 3 heteroatoms. The summed E-state index contributed by atoms with van der Waals surface area (Å²) >= 11 is 0. The van der Waals surface area contributed by atoms with E-state index in [-0.39, 0.29) is 11.4 Å². The van der Waals surface area contributed by atoms with Crippen molar-refractivity contribution >= 4 is 5.97 Å². The van der Waals surface area contributed by atoms with Crippen molar-refractivity contribution in [2.24, 2.45) is 0 Å². The van der Waals surface area contributed by atoms with Crippen LogP contribution in [0.3, 0.4) is 0 Å². The molecular weight excluding hydrogens is 214 g/mol. The van der Waals surface area contributed by atoms with E-state index in [0.29, 0.717) is 17.7 Å². The molecule has 0 aliphatic carbocycles. The molecule has 0 heterocycles. The van der Waals surface area contributed by atoms with Gasteiger partial charge in [0.05, 0.1) is 23.8 Å². The van der Waals surface area contributed by atoms with E-state index in [1.54, 1.807) is 25.1 Å². The van der Waals surface area contributed by atoms with Crippen LogP contribution in [0.25, 0.3) is 0 Å². The third-order valence-electron chi connectivity index (χ3n) is 2.46. The van der Waals surface area contributed by atoms with Crippen LogP contribution in [0.1, 0.15) is 49.2 Å². The monoisotopic (exact) mass is 231 g/mol. The zero-order valence-electron chi connectivity index (χ0n) is 10.7. The van der Waals surface area contributed by atoms with Crippen molar-refractivity contribution in [2.75, 3.05) is 6.61 Å². The van der Waals surface area contributed by atoms with Crippen LogP contribution in [0.4, 0.5) is 0 Å². The number of hydrogen-bond acceptors (Lipinski definition) is 3. The van der Waals surface area contributed by atoms with Crippen molar-refractivity contribution in [2.45, 2.75) is 33.1 Å². The predicted molar refractivity (Wildman–Crippen MR) is 65.8 cm³/mol. The molecule has 0 spiro atoms. The van der Waals surface area contributed by atoms with Crippen molar-refractivity contribution in [1.82, 2.24) is 0 Å². The Kier molecular flexibility index (Phi) is 3.90. The molecular formula is C14H17NO2. The third-order valence-corrected chi connectivity index (χ3v) is 2.46. The first kappa shape index (κ1) is 13.2. The molecule has 17 heavy (non-hydrogen) atoms. The Bertz CT molecular complexity index is 464. The van der Waals surface area contributed by atoms with Gasteiger partial charge in [-0.1, -0.05) is 20.8 Å². The number of hydrogen-bond donors (Lipinski definition) is 0. The molecule has 0 unspecified atom stereocenters. The van der Waals surface area contributed by atoms with Gasteiger partial charge in [-0.15, -0.1) is 0 Å². The van der Waals surface area contributed by atoms with E-state index in [0.717, 1.165) is 5.56 Å². The van der Waals surface area contributed by atoms with Gasteiger partial charge in [0, 0.05) is 0 Å². The molecule has 0 fully saturated rings. The Labute approximate surface area is 102 Å². The van der Waals surface area contributed by atoms with Gasteiger partial charge in [0.15, 0.2) is 0 Å². The maximum absolute atomic E-state index is 11.6. The zero-order chi connectivity index (χ0) is 13.1. The fraction of sp³-hybridized carbons (Fsp3) is 0.429. The molecule has 0 radical (unpaired) electrons. The van der Waals surface area contributed by atoms with Crippen molar-refractivity contribution in [3.05, 3.63) is 34.9 Å². The van der Waals surface area contributed by atoms with E-state index in [1.807, 2.05) is 20.8 Å². The van der Waals surface area contributed by atoms with Gasteiger partial charge >= 0.3 is 5.97 Å². The molecule has 3 nitrogen and oxygen atoms in total. The molecule has 1 rings (SSSR count). The van der Waals surface area contributed by atoms with E-state index in [4.69, 9.17) is 10.00 Å². The highest BCUT2D eigenvalue weighted by Gasteiger charge is 2.20. The summed E-state index contributed by atoms with van der Waals surface area (Å²) < 4.78 is 4.95. The van der Waals surface area contributed by atoms with E-state index in [9.17, 15) is 4.79 Å². The van der Waals surface area contributed by atoms with E-state index in [1.165, 1.54) is 0 Å². The average molecular weight is 231 g/mol. The predicted octanol–water partition coefficient (Wildman–Crippen LogP) is 3.03. The van der Waals surface area contributed by atoms with Gasteiger partial charge in [-0.05, 0) is 36.1 Å². The summed E-state index contributed by atoms with van der Waals surface area (Å²) in [5, 5.41) is 9.05. The van der Waals surface area contributed by atoms with Gasteiger partial charge in [0.25, 0.3) is 0 Å². The SMILES string of the molecule is CCOC(=O)c1ccc(C#N)c(C(C)(C)C)c1. The lowest BCUT2D eigenvalue weighted by Crippen LogP contribution is -2.15. The second kappa shape index (κ2) is 5.01. The number of rotatable bonds is 2. The highest BCUT2D eigenvalue weighted by Crippen LogP contribution is 2.26. The van der Waals surface area contributed by atoms with Crippen molar-refractivity contribution in [3.8, 4) is 6.07 Å². The lowest BCUT2D eigenvalue weighted by molar-refractivity contribution is 0.0526. The van der Waals surface area contributed by atoms with Gasteiger partial charge in [-0.3, -0.25) is 0 Å². The molecule has 0 amide bonds. The highest BCUT2D eigenvalue weighted by atomic mass is 16.5. The first-order chi connectivity index (χ1) is 7.90. The second-order valence-electron chi connectivity index (χ2n) is 4.84. The quantitative estimate of drug-likeness (QED) is 0.735. The molecule has 0 aliphatic heterocycles. The number of benzene rings is 1. The molecule has 1 aromatic carbocycles. The summed E-state index contributed by atoms with van der Waals surface area (Å²) in [5.74, 6) is -0.345. The van der Waals surface area contributed by atoms with E-state index in [2.05, 4.69) is 6.07 Å². The third kappa shape index (κ3) is 3.07. The molecule has 90 valence electrons. The normalized spacial score (nSPS) is 10.8. The summed E-state index contributed by atoms with van der Waals surface area (Å²) in [7, 11) is 0. The van der Waals surface area contributed by atoms with Gasteiger partial charge in [-0.2, -0.15) is 5.26 Å². The van der Waals surface area contributed by atoms with Crippen molar-refractivity contribution in [1.29, 1.82) is 5.26 Å². The molecule has 0 saturated heterocycles. The minimum Gasteiger partial charge on any atom is -0.462 e. The number of nitrogens with zero attached hydrogens (tertiary/aromatic N) is 1. The minimum atomic E-state index is -0.345. The minimum absolute atomic E-state index is 0.173. The number of esters is 1. The van der Waals surface area contributed by atoms with Crippen LogP contribution in [0.5, 0.6) is 0 Å². The van der Waals surface area contributed by atoms with Gasteiger partial charge < -0.3 is 4.74 Å². The number of ether oxygens (including phenoxy) is 1. The van der Waals surface area contributed by atoms with Crippen LogP contribution in [0.2, 0.25) is 0 Å². The average Bonchev–Trinajstić information content (AvgIpc) is 2.27. The van der Waals surface area contributed by atoms with E-state index < -0.39 is 0 Å². The Morgan fingerprint density at radius 3 is 2.53 bits per heavy atom. The smallest absolute Gasteiger partial charge is 0.338 e. The number of carbonyl (C=O) groups excluding carboxylic acids is 1. The standard InChI is InChI=1S/C14H17NO2/c1-5-17-13(16)10-6-7-11(9-15)12(8-10)14(2,3)4/h6-8H,5H2,1-4H3. The second-order valence-corrected chi connectivity index (χ2v) is 4.84. The van der Waals surface area contributed by atoms with Crippen LogP contribution < -0.4 is 0 Å². The maximum Gasteiger partial charge on any atom is 0.338 e. The summed E-state index contributed by atoms with van der Waals surface area (Å²) in [6.07, 6.45) is 0. The van der Waals surface area contributed by atoms with Crippen molar-refractivity contribution < 1.29 is 9.53 Å². The first-order valence-electron chi connectivity index (χ1n) is 5.62. The molecule has 0 N–H and O–H groups in total. The fourth-order valence-corrected chi connectivity index (χ4v) is 1.60. The molecule has 0 atom stereocenters. The summed E-state index contributed by atoms with van der Waals surface area (Å²) in [5.41, 5.74) is 1.79. The first-order valence-corrected chi connectivity index (χ1v) is 5.62. The Morgan fingerprint density at radius 1 is 1.41 bits per heavy atom. The van der Waals surface area contributed by atoms with Gasteiger partial charge in [0.2, 0.25) is 0 Å². The molecule has 0 bridgehead atoms. The Morgan fingerprint density at radius 2 is 2.06 bits per heavy atom. The lowest BCUT2D eigenvalue weighted by Gasteiger charge is -2.21. The maximum atomic E-state index is 11.6. The van der Waals surface area contributed by atoms with E-state index >= 15 is 0 Å². The summed E-state index contributed by atoms with van der Waals surface area (Å²) in [6, 6.07) is 7.20. The largest absolute Gasteiger partial charge is 0.462 e. The lowest BCUT2D eigenvalue weighted by atomic mass is 9.83. The molecule has 0 saturated carbocycles. The summed E-state index contributed by atoms with van der Waals surface area (Å²) in [6.45, 7) is 8.16.